The van der Waals surface area contributed by atoms with Crippen molar-refractivity contribution in [1.29, 1.82) is 0 Å². The third-order valence-corrected chi connectivity index (χ3v) is 5.82. The number of anilines is 1. The van der Waals surface area contributed by atoms with Gasteiger partial charge in [-0.05, 0) is 25.1 Å². The molecule has 0 atom stereocenters. The molecule has 0 unspecified atom stereocenters. The number of hydrogen-bond acceptors (Lipinski definition) is 7. The topological polar surface area (TPSA) is 95.2 Å². The molecule has 0 bridgehead atoms. The van der Waals surface area contributed by atoms with Crippen molar-refractivity contribution in [3.8, 4) is 11.3 Å². The van der Waals surface area contributed by atoms with Gasteiger partial charge >= 0.3 is 0 Å². The van der Waals surface area contributed by atoms with E-state index in [2.05, 4.69) is 15.1 Å². The molecule has 24 heavy (non-hydrogen) atoms. The fourth-order valence-corrected chi connectivity index (χ4v) is 4.06. The highest BCUT2D eigenvalue weighted by molar-refractivity contribution is 7.97. The summed E-state index contributed by atoms with van der Waals surface area (Å²) in [5.74, 6) is 0.290. The van der Waals surface area contributed by atoms with E-state index in [-0.39, 0.29) is 11.5 Å². The van der Waals surface area contributed by atoms with Gasteiger partial charge < -0.3 is 14.0 Å². The van der Waals surface area contributed by atoms with Gasteiger partial charge in [-0.2, -0.15) is 0 Å². The Labute approximate surface area is 139 Å². The van der Waals surface area contributed by atoms with E-state index >= 15 is 0 Å². The Morgan fingerprint density at radius 1 is 1.33 bits per heavy atom. The zero-order valence-corrected chi connectivity index (χ0v) is 14.0. The summed E-state index contributed by atoms with van der Waals surface area (Å²) in [7, 11) is -2.95. The fourth-order valence-electron chi connectivity index (χ4n) is 2.86. The molecule has 7 nitrogen and oxygen atoms in total. The van der Waals surface area contributed by atoms with Gasteiger partial charge in [0.25, 0.3) is 0 Å². The van der Waals surface area contributed by atoms with Gasteiger partial charge in [0.05, 0.1) is 34.7 Å². The van der Waals surface area contributed by atoms with Crippen LogP contribution in [0.1, 0.15) is 5.69 Å². The number of aryl methyl sites for hydroxylation is 1. The zero-order chi connectivity index (χ0) is 16.7. The van der Waals surface area contributed by atoms with Crippen molar-refractivity contribution in [3.05, 3.63) is 36.3 Å². The van der Waals surface area contributed by atoms with Crippen LogP contribution < -0.4 is 4.90 Å². The molecule has 124 valence electrons. The Morgan fingerprint density at radius 2 is 2.12 bits per heavy atom. The van der Waals surface area contributed by atoms with Crippen LogP contribution in [0, 0.1) is 6.92 Å². The van der Waals surface area contributed by atoms with Crippen LogP contribution in [-0.2, 0) is 14.4 Å². The van der Waals surface area contributed by atoms with Crippen molar-refractivity contribution < 1.29 is 13.3 Å². The van der Waals surface area contributed by atoms with Crippen LogP contribution >= 0.6 is 0 Å². The molecule has 0 spiro atoms. The SMILES string of the molecule is Cc1noc2c(N3CC[S+](=O)([O-])CC3)cc(-c3cccnc3)nc12. The first-order chi connectivity index (χ1) is 11.5. The second kappa shape index (κ2) is 5.64. The van der Waals surface area contributed by atoms with Gasteiger partial charge in [-0.1, -0.05) is 5.16 Å². The van der Waals surface area contributed by atoms with Crippen molar-refractivity contribution in [2.75, 3.05) is 29.5 Å². The Hall–Kier alpha value is -2.32. The third kappa shape index (κ3) is 2.67. The van der Waals surface area contributed by atoms with E-state index in [0.717, 1.165) is 16.9 Å². The van der Waals surface area contributed by atoms with E-state index in [1.807, 2.05) is 30.0 Å². The molecule has 4 heterocycles. The highest BCUT2D eigenvalue weighted by atomic mass is 32.3. The van der Waals surface area contributed by atoms with Crippen LogP contribution in [0.25, 0.3) is 22.4 Å². The second-order valence-corrected chi connectivity index (χ2v) is 8.16. The molecule has 0 amide bonds. The van der Waals surface area contributed by atoms with Crippen LogP contribution in [0.3, 0.4) is 0 Å². The summed E-state index contributed by atoms with van der Waals surface area (Å²) in [6.07, 6.45) is 3.46. The molecule has 8 heteroatoms. The largest absolute Gasteiger partial charge is 0.615 e. The summed E-state index contributed by atoms with van der Waals surface area (Å²) in [4.78, 5) is 10.8. The number of aromatic nitrogens is 3. The summed E-state index contributed by atoms with van der Waals surface area (Å²) in [5, 5.41) is 4.02. The first-order valence-electron chi connectivity index (χ1n) is 7.66. The third-order valence-electron chi connectivity index (χ3n) is 4.21. The Bertz CT molecular complexity index is 929. The molecule has 0 radical (unpaired) electrons. The molecule has 1 aliphatic rings. The predicted octanol–water partition coefficient (Wildman–Crippen LogP) is 2.04. The Balaban J connectivity index is 1.83. The molecule has 3 aromatic heterocycles. The average molecular weight is 344 g/mol. The van der Waals surface area contributed by atoms with Gasteiger partial charge in [0, 0.05) is 18.0 Å². The van der Waals surface area contributed by atoms with E-state index in [9.17, 15) is 8.76 Å². The maximum absolute atomic E-state index is 11.7. The quantitative estimate of drug-likeness (QED) is 0.656. The Kier molecular flexibility index (Phi) is 3.58. The number of fused-ring (bicyclic) bond motifs is 1. The highest BCUT2D eigenvalue weighted by Crippen LogP contribution is 2.33. The first-order valence-corrected chi connectivity index (χ1v) is 9.48. The maximum atomic E-state index is 11.7. The smallest absolute Gasteiger partial charge is 0.208 e. The summed E-state index contributed by atoms with van der Waals surface area (Å²) in [5.41, 5.74) is 4.49. The fraction of sp³-hybridized carbons (Fsp3) is 0.312. The number of pyridine rings is 2. The van der Waals surface area contributed by atoms with E-state index < -0.39 is 10.2 Å². The van der Waals surface area contributed by atoms with Crippen molar-refractivity contribution >= 4 is 27.0 Å². The van der Waals surface area contributed by atoms with E-state index in [1.165, 1.54) is 0 Å². The minimum absolute atomic E-state index is 0.145. The van der Waals surface area contributed by atoms with Gasteiger partial charge in [-0.3, -0.25) is 4.98 Å². The van der Waals surface area contributed by atoms with Crippen LogP contribution in [0.5, 0.6) is 0 Å². The van der Waals surface area contributed by atoms with Gasteiger partial charge in [0.15, 0.2) is 0 Å². The first kappa shape index (κ1) is 15.2. The monoisotopic (exact) mass is 344 g/mol. The molecule has 1 saturated heterocycles. The number of rotatable bonds is 2. The van der Waals surface area contributed by atoms with E-state index in [4.69, 9.17) is 4.52 Å². The van der Waals surface area contributed by atoms with Gasteiger partial charge in [0.2, 0.25) is 5.58 Å². The van der Waals surface area contributed by atoms with Crippen molar-refractivity contribution in [1.82, 2.24) is 15.1 Å². The molecule has 0 aromatic carbocycles. The molecule has 3 aromatic rings. The molecule has 0 saturated carbocycles. The molecular formula is C16H16N4O3S. The number of nitrogens with zero attached hydrogens (tertiary/aromatic N) is 4. The average Bonchev–Trinajstić information content (AvgIpc) is 2.96. The standard InChI is InChI=1S/C16H16N4O3S/c1-11-15-16(23-19-11)14(20-5-7-24(21,22)8-6-20)9-13(18-15)12-3-2-4-17-10-12/h2-4,9-10H,5-8H2,1H3. The lowest BCUT2D eigenvalue weighted by atomic mass is 10.1. The second-order valence-electron chi connectivity index (χ2n) is 5.85. The predicted molar refractivity (Wildman–Crippen MR) is 90.5 cm³/mol. The summed E-state index contributed by atoms with van der Waals surface area (Å²) in [6, 6.07) is 5.71. The van der Waals surface area contributed by atoms with Crippen LogP contribution in [-0.4, -0.2) is 44.3 Å². The van der Waals surface area contributed by atoms with Crippen molar-refractivity contribution in [2.24, 2.45) is 0 Å². The highest BCUT2D eigenvalue weighted by Gasteiger charge is 2.28. The molecular weight excluding hydrogens is 328 g/mol. The Morgan fingerprint density at radius 3 is 2.83 bits per heavy atom. The van der Waals surface area contributed by atoms with Gasteiger partial charge in [-0.25, -0.2) is 4.98 Å². The lowest BCUT2D eigenvalue weighted by molar-refractivity contribution is 0.449. The lowest BCUT2D eigenvalue weighted by Crippen LogP contribution is -2.43. The van der Waals surface area contributed by atoms with E-state index in [0.29, 0.717) is 29.9 Å². The number of hydrogen-bond donors (Lipinski definition) is 0. The minimum atomic E-state index is -2.95. The molecule has 4 rings (SSSR count). The molecule has 0 N–H and O–H groups in total. The zero-order valence-electron chi connectivity index (χ0n) is 13.1. The maximum Gasteiger partial charge on any atom is 0.208 e. The van der Waals surface area contributed by atoms with Gasteiger partial charge in [-0.15, -0.1) is 4.21 Å². The van der Waals surface area contributed by atoms with Crippen LogP contribution in [0.2, 0.25) is 0 Å². The van der Waals surface area contributed by atoms with Gasteiger partial charge in [0.1, 0.15) is 22.7 Å². The lowest BCUT2D eigenvalue weighted by Gasteiger charge is -2.31. The summed E-state index contributed by atoms with van der Waals surface area (Å²) >= 11 is 0. The normalized spacial score (nSPS) is 17.3. The molecule has 1 aliphatic heterocycles. The summed E-state index contributed by atoms with van der Waals surface area (Å²) < 4.78 is 28.9. The van der Waals surface area contributed by atoms with Crippen molar-refractivity contribution in [3.63, 3.8) is 0 Å². The molecule has 0 aliphatic carbocycles. The molecule has 1 fully saturated rings. The minimum Gasteiger partial charge on any atom is -0.615 e. The van der Waals surface area contributed by atoms with Crippen molar-refractivity contribution in [2.45, 2.75) is 6.92 Å². The van der Waals surface area contributed by atoms with E-state index in [1.54, 1.807) is 12.4 Å². The van der Waals surface area contributed by atoms with Crippen LogP contribution in [0.15, 0.2) is 35.1 Å². The van der Waals surface area contributed by atoms with Crippen LogP contribution in [0.4, 0.5) is 5.69 Å². The summed E-state index contributed by atoms with van der Waals surface area (Å²) in [6.45, 7) is 2.72. The number of sulfone groups is 1.